The molecule has 1 aliphatic heterocycles. The van der Waals surface area contributed by atoms with E-state index in [-0.39, 0.29) is 30.2 Å². The highest BCUT2D eigenvalue weighted by Crippen LogP contribution is 2.10. The fraction of sp³-hybridized carbons (Fsp3) is 0.769. The summed E-state index contributed by atoms with van der Waals surface area (Å²) in [5.41, 5.74) is 0. The summed E-state index contributed by atoms with van der Waals surface area (Å²) in [6, 6.07) is 0. The Morgan fingerprint density at radius 2 is 1.85 bits per heavy atom. The Labute approximate surface area is 119 Å². The molecule has 1 aliphatic rings. The molecule has 7 heteroatoms. The van der Waals surface area contributed by atoms with E-state index in [1.54, 1.807) is 26.0 Å². The summed E-state index contributed by atoms with van der Waals surface area (Å²) in [5.74, 6) is -0.446. The molecule has 0 aromatic carbocycles. The lowest BCUT2D eigenvalue weighted by Crippen LogP contribution is -2.43. The lowest BCUT2D eigenvalue weighted by molar-refractivity contribution is -0.132. The van der Waals surface area contributed by atoms with E-state index in [2.05, 4.69) is 5.32 Å². The highest BCUT2D eigenvalue weighted by atomic mass is 16.2. The van der Waals surface area contributed by atoms with Gasteiger partial charge < -0.3 is 15.1 Å². The molecule has 1 heterocycles. The van der Waals surface area contributed by atoms with Gasteiger partial charge in [0, 0.05) is 54.2 Å². The normalized spacial score (nSPS) is 20.2. The van der Waals surface area contributed by atoms with Crippen molar-refractivity contribution in [2.24, 2.45) is 5.92 Å². The van der Waals surface area contributed by atoms with Crippen LogP contribution in [0.15, 0.2) is 0 Å². The van der Waals surface area contributed by atoms with Crippen molar-refractivity contribution >= 4 is 17.7 Å². The van der Waals surface area contributed by atoms with Crippen LogP contribution in [0.2, 0.25) is 0 Å². The summed E-state index contributed by atoms with van der Waals surface area (Å²) in [6.07, 6.45) is 0. The molecule has 1 N–H and O–H groups in total. The Balaban J connectivity index is 2.76. The van der Waals surface area contributed by atoms with Crippen LogP contribution in [0.25, 0.3) is 0 Å². The van der Waals surface area contributed by atoms with E-state index in [4.69, 9.17) is 0 Å². The van der Waals surface area contributed by atoms with E-state index in [1.807, 2.05) is 4.90 Å². The maximum atomic E-state index is 11.9. The zero-order chi connectivity index (χ0) is 15.3. The zero-order valence-electron chi connectivity index (χ0n) is 12.7. The predicted octanol–water partition coefficient (Wildman–Crippen LogP) is -1.40. The molecule has 114 valence electrons. The van der Waals surface area contributed by atoms with Crippen LogP contribution < -0.4 is 5.32 Å². The maximum absolute atomic E-state index is 11.9. The summed E-state index contributed by atoms with van der Waals surface area (Å²) in [6.45, 7) is 3.81. The van der Waals surface area contributed by atoms with Gasteiger partial charge in [-0.2, -0.15) is 0 Å². The zero-order valence-corrected chi connectivity index (χ0v) is 12.7. The van der Waals surface area contributed by atoms with E-state index < -0.39 is 0 Å². The molecule has 0 aromatic rings. The molecule has 3 amide bonds. The summed E-state index contributed by atoms with van der Waals surface area (Å²) < 4.78 is 0. The molecule has 0 radical (unpaired) electrons. The summed E-state index contributed by atoms with van der Waals surface area (Å²) in [4.78, 5) is 40.3. The molecule has 1 fully saturated rings. The van der Waals surface area contributed by atoms with Crippen LogP contribution in [0.1, 0.15) is 6.92 Å². The number of nitrogens with zero attached hydrogens (tertiary/aromatic N) is 3. The van der Waals surface area contributed by atoms with Gasteiger partial charge in [0.25, 0.3) is 0 Å². The lowest BCUT2D eigenvalue weighted by atomic mass is 10.1. The largest absolute Gasteiger partial charge is 0.359 e. The second kappa shape index (κ2) is 7.23. The van der Waals surface area contributed by atoms with Gasteiger partial charge in [0.2, 0.25) is 17.7 Å². The SMILES string of the molecule is CNC(=O)[C@@H]1CN(CC(=O)N(C)C)CCN(C(C)=O)C1. The number of hydrogen-bond acceptors (Lipinski definition) is 4. The standard InChI is InChI=1S/C13H24N4O3/c1-10(18)17-6-5-16(9-12(19)15(3)4)7-11(8-17)13(20)14-2/h11H,5-9H2,1-4H3,(H,14,20)/t11-/m1/s1. The second-order valence-corrected chi connectivity index (χ2v) is 5.30. The molecule has 0 saturated carbocycles. The van der Waals surface area contributed by atoms with E-state index in [0.717, 1.165) is 0 Å². The molecule has 0 bridgehead atoms. The third-order valence-electron chi connectivity index (χ3n) is 3.53. The summed E-state index contributed by atoms with van der Waals surface area (Å²) >= 11 is 0. The molecule has 7 nitrogen and oxygen atoms in total. The van der Waals surface area contributed by atoms with Gasteiger partial charge in [0.15, 0.2) is 0 Å². The van der Waals surface area contributed by atoms with Gasteiger partial charge in [0.1, 0.15) is 0 Å². The highest BCUT2D eigenvalue weighted by molar-refractivity contribution is 5.81. The number of likely N-dealkylation sites (N-methyl/N-ethyl adjacent to an activating group) is 1. The van der Waals surface area contributed by atoms with E-state index in [1.165, 1.54) is 11.8 Å². The first kappa shape index (κ1) is 16.4. The molecule has 1 saturated heterocycles. The number of rotatable bonds is 3. The van der Waals surface area contributed by atoms with Gasteiger partial charge in [-0.3, -0.25) is 19.3 Å². The maximum Gasteiger partial charge on any atom is 0.236 e. The van der Waals surface area contributed by atoms with Crippen LogP contribution in [0.4, 0.5) is 0 Å². The minimum Gasteiger partial charge on any atom is -0.359 e. The van der Waals surface area contributed by atoms with Crippen LogP contribution in [0, 0.1) is 5.92 Å². The molecule has 1 rings (SSSR count). The molecule has 0 spiro atoms. The number of nitrogens with one attached hydrogen (secondary N) is 1. The van der Waals surface area contributed by atoms with Crippen molar-refractivity contribution in [3.05, 3.63) is 0 Å². The van der Waals surface area contributed by atoms with Gasteiger partial charge in [0.05, 0.1) is 12.5 Å². The number of carbonyl (C=O) groups is 3. The van der Waals surface area contributed by atoms with E-state index in [0.29, 0.717) is 26.2 Å². The fourth-order valence-electron chi connectivity index (χ4n) is 2.21. The van der Waals surface area contributed by atoms with Crippen LogP contribution >= 0.6 is 0 Å². The molecule has 0 aromatic heterocycles. The highest BCUT2D eigenvalue weighted by Gasteiger charge is 2.29. The first-order chi connectivity index (χ1) is 9.35. The first-order valence-corrected chi connectivity index (χ1v) is 6.74. The van der Waals surface area contributed by atoms with E-state index >= 15 is 0 Å². The molecular formula is C13H24N4O3. The first-order valence-electron chi connectivity index (χ1n) is 6.74. The molecule has 0 aliphatic carbocycles. The molecular weight excluding hydrogens is 260 g/mol. The Hall–Kier alpha value is -1.63. The van der Waals surface area contributed by atoms with Crippen molar-refractivity contribution in [3.8, 4) is 0 Å². The van der Waals surface area contributed by atoms with Crippen LogP contribution in [0.3, 0.4) is 0 Å². The third kappa shape index (κ3) is 4.48. The van der Waals surface area contributed by atoms with Crippen LogP contribution in [-0.4, -0.2) is 86.3 Å². The second-order valence-electron chi connectivity index (χ2n) is 5.30. The van der Waals surface area contributed by atoms with Crippen LogP contribution in [-0.2, 0) is 14.4 Å². The van der Waals surface area contributed by atoms with Crippen LogP contribution in [0.5, 0.6) is 0 Å². The Bertz CT molecular complexity index is 384. The Morgan fingerprint density at radius 3 is 2.35 bits per heavy atom. The monoisotopic (exact) mass is 284 g/mol. The van der Waals surface area contributed by atoms with Crippen molar-refractivity contribution in [2.75, 3.05) is 53.9 Å². The minimum atomic E-state index is -0.304. The van der Waals surface area contributed by atoms with Crippen molar-refractivity contribution in [3.63, 3.8) is 0 Å². The number of hydrogen-bond donors (Lipinski definition) is 1. The van der Waals surface area contributed by atoms with Gasteiger partial charge in [-0.1, -0.05) is 0 Å². The molecule has 0 unspecified atom stereocenters. The fourth-order valence-corrected chi connectivity index (χ4v) is 2.21. The molecule has 20 heavy (non-hydrogen) atoms. The van der Waals surface area contributed by atoms with Gasteiger partial charge in [-0.25, -0.2) is 0 Å². The smallest absolute Gasteiger partial charge is 0.236 e. The average Bonchev–Trinajstić information content (AvgIpc) is 2.60. The summed E-state index contributed by atoms with van der Waals surface area (Å²) in [5, 5.41) is 2.62. The molecule has 1 atom stereocenters. The predicted molar refractivity (Wildman–Crippen MR) is 74.9 cm³/mol. The lowest BCUT2D eigenvalue weighted by Gasteiger charge is -2.23. The van der Waals surface area contributed by atoms with Crippen molar-refractivity contribution in [2.45, 2.75) is 6.92 Å². The van der Waals surface area contributed by atoms with Gasteiger partial charge >= 0.3 is 0 Å². The van der Waals surface area contributed by atoms with Gasteiger partial charge in [-0.05, 0) is 0 Å². The minimum absolute atomic E-state index is 0.00284. The summed E-state index contributed by atoms with van der Waals surface area (Å²) in [7, 11) is 5.00. The average molecular weight is 284 g/mol. The van der Waals surface area contributed by atoms with Crippen molar-refractivity contribution in [1.29, 1.82) is 0 Å². The Morgan fingerprint density at radius 1 is 1.20 bits per heavy atom. The third-order valence-corrected chi connectivity index (χ3v) is 3.53. The number of amides is 3. The van der Waals surface area contributed by atoms with Gasteiger partial charge in [-0.15, -0.1) is 0 Å². The number of carbonyl (C=O) groups excluding carboxylic acids is 3. The topological polar surface area (TPSA) is 73.0 Å². The quantitative estimate of drug-likeness (QED) is 0.692. The van der Waals surface area contributed by atoms with E-state index in [9.17, 15) is 14.4 Å². The van der Waals surface area contributed by atoms with Crippen molar-refractivity contribution in [1.82, 2.24) is 20.0 Å². The Kier molecular flexibility index (Phi) is 5.94. The van der Waals surface area contributed by atoms with Crippen molar-refractivity contribution < 1.29 is 14.4 Å².